The van der Waals surface area contributed by atoms with Gasteiger partial charge in [0.05, 0.1) is 5.75 Å². The van der Waals surface area contributed by atoms with E-state index in [1.807, 2.05) is 6.92 Å². The first kappa shape index (κ1) is 23.5. The molecule has 1 aromatic heterocycles. The quantitative estimate of drug-likeness (QED) is 0.546. The van der Waals surface area contributed by atoms with Crippen LogP contribution in [0.3, 0.4) is 0 Å². The molecule has 0 aromatic carbocycles. The van der Waals surface area contributed by atoms with Crippen molar-refractivity contribution < 1.29 is 18.3 Å². The van der Waals surface area contributed by atoms with E-state index in [0.29, 0.717) is 24.9 Å². The maximum absolute atomic E-state index is 12.1. The summed E-state index contributed by atoms with van der Waals surface area (Å²) in [5.74, 6) is 1.02. The maximum atomic E-state index is 12.1. The largest absolute Gasteiger partial charge is 0.387 e. The molecule has 2 aliphatic rings. The lowest BCUT2D eigenvalue weighted by Crippen LogP contribution is -2.46. The first-order valence-electron chi connectivity index (χ1n) is 10.9. The van der Waals surface area contributed by atoms with Crippen molar-refractivity contribution in [1.29, 1.82) is 0 Å². The topological polar surface area (TPSA) is 125 Å². The van der Waals surface area contributed by atoms with Gasteiger partial charge in [0.15, 0.2) is 9.84 Å². The number of hydrogen-bond donors (Lipinski definition) is 3. The van der Waals surface area contributed by atoms with Crippen molar-refractivity contribution >= 4 is 27.5 Å². The molecule has 31 heavy (non-hydrogen) atoms. The molecule has 1 amide bonds. The van der Waals surface area contributed by atoms with Gasteiger partial charge in [0.1, 0.15) is 12.4 Å². The van der Waals surface area contributed by atoms with E-state index in [9.17, 15) is 13.2 Å². The molecule has 9 nitrogen and oxygen atoms in total. The highest BCUT2D eigenvalue weighted by atomic mass is 32.2. The number of sulfone groups is 1. The number of hydrogen-bond acceptors (Lipinski definition) is 8. The Morgan fingerprint density at radius 1 is 1.29 bits per heavy atom. The second-order valence-electron chi connectivity index (χ2n) is 8.50. The molecule has 1 aliphatic carbocycles. The van der Waals surface area contributed by atoms with Crippen molar-refractivity contribution in [3.8, 4) is 0 Å². The van der Waals surface area contributed by atoms with Crippen LogP contribution in [-0.2, 0) is 14.6 Å². The Morgan fingerprint density at radius 3 is 2.81 bits per heavy atom. The van der Waals surface area contributed by atoms with Gasteiger partial charge in [-0.3, -0.25) is 4.79 Å². The van der Waals surface area contributed by atoms with E-state index in [4.69, 9.17) is 5.11 Å². The number of carbonyl (C=O) groups is 1. The summed E-state index contributed by atoms with van der Waals surface area (Å²) in [6.45, 7) is 6.03. The molecule has 2 fully saturated rings. The van der Waals surface area contributed by atoms with Crippen molar-refractivity contribution in [3.63, 3.8) is 0 Å². The summed E-state index contributed by atoms with van der Waals surface area (Å²) in [6, 6.07) is 0.0391. The summed E-state index contributed by atoms with van der Waals surface area (Å²) in [5.41, 5.74) is 0.891. The summed E-state index contributed by atoms with van der Waals surface area (Å²) >= 11 is 0. The SMILES string of the molecule is C=CS(=O)(=O)C[C@@H]1CCCC[C@H]1Nc1nc(N[C@H]2CCCN(C(=O)CO)C2)ncc1C. The van der Waals surface area contributed by atoms with E-state index in [-0.39, 0.29) is 29.7 Å². The fourth-order valence-corrected chi connectivity index (χ4v) is 5.53. The first-order valence-corrected chi connectivity index (χ1v) is 12.6. The van der Waals surface area contributed by atoms with Gasteiger partial charge in [0.25, 0.3) is 0 Å². The number of nitrogens with zero attached hydrogens (tertiary/aromatic N) is 3. The second-order valence-corrected chi connectivity index (χ2v) is 10.5. The van der Waals surface area contributed by atoms with E-state index in [1.54, 1.807) is 11.1 Å². The van der Waals surface area contributed by atoms with Crippen LogP contribution in [-0.4, -0.2) is 71.8 Å². The Bertz CT molecular complexity index is 892. The van der Waals surface area contributed by atoms with E-state index < -0.39 is 16.4 Å². The lowest BCUT2D eigenvalue weighted by atomic mass is 9.85. The minimum atomic E-state index is -3.27. The van der Waals surface area contributed by atoms with Crippen LogP contribution < -0.4 is 10.6 Å². The Balaban J connectivity index is 1.69. The zero-order valence-corrected chi connectivity index (χ0v) is 18.9. The molecule has 3 rings (SSSR count). The van der Waals surface area contributed by atoms with Crippen LogP contribution >= 0.6 is 0 Å². The monoisotopic (exact) mass is 451 g/mol. The number of piperidine rings is 1. The number of aliphatic hydroxyl groups is 1. The molecule has 1 saturated heterocycles. The second kappa shape index (κ2) is 10.4. The molecule has 10 heteroatoms. The summed E-state index contributed by atoms with van der Waals surface area (Å²) in [6.07, 6.45) is 7.31. The molecule has 0 unspecified atom stereocenters. The van der Waals surface area contributed by atoms with Gasteiger partial charge >= 0.3 is 0 Å². The molecule has 1 aliphatic heterocycles. The highest BCUT2D eigenvalue weighted by Crippen LogP contribution is 2.29. The first-order chi connectivity index (χ1) is 14.8. The fourth-order valence-electron chi connectivity index (χ4n) is 4.40. The van der Waals surface area contributed by atoms with E-state index in [2.05, 4.69) is 27.2 Å². The Hall–Kier alpha value is -2.20. The van der Waals surface area contributed by atoms with Crippen LogP contribution in [0.15, 0.2) is 18.2 Å². The molecule has 172 valence electrons. The number of aryl methyl sites for hydroxylation is 1. The summed E-state index contributed by atoms with van der Waals surface area (Å²) < 4.78 is 24.2. The van der Waals surface area contributed by atoms with Gasteiger partial charge < -0.3 is 20.6 Å². The molecule has 3 N–H and O–H groups in total. The Labute approximate surface area is 184 Å². The van der Waals surface area contributed by atoms with Crippen LogP contribution in [0.25, 0.3) is 0 Å². The zero-order valence-electron chi connectivity index (χ0n) is 18.1. The van der Waals surface area contributed by atoms with Gasteiger partial charge in [0, 0.05) is 42.3 Å². The van der Waals surface area contributed by atoms with Crippen LogP contribution in [0.2, 0.25) is 0 Å². The third-order valence-electron chi connectivity index (χ3n) is 6.15. The van der Waals surface area contributed by atoms with Gasteiger partial charge in [-0.2, -0.15) is 4.98 Å². The van der Waals surface area contributed by atoms with Gasteiger partial charge in [0.2, 0.25) is 11.9 Å². The number of rotatable bonds is 8. The van der Waals surface area contributed by atoms with E-state index >= 15 is 0 Å². The summed E-state index contributed by atoms with van der Waals surface area (Å²) in [7, 11) is -3.27. The van der Waals surface area contributed by atoms with Gasteiger partial charge in [-0.15, -0.1) is 0 Å². The predicted octanol–water partition coefficient (Wildman–Crippen LogP) is 1.71. The maximum Gasteiger partial charge on any atom is 0.248 e. The van der Waals surface area contributed by atoms with E-state index in [0.717, 1.165) is 49.5 Å². The molecule has 0 radical (unpaired) electrons. The zero-order chi connectivity index (χ0) is 22.4. The minimum absolute atomic E-state index is 0.0129. The Kier molecular flexibility index (Phi) is 7.88. The lowest BCUT2D eigenvalue weighted by molar-refractivity contribution is -0.135. The van der Waals surface area contributed by atoms with Gasteiger partial charge in [-0.1, -0.05) is 19.4 Å². The molecule has 1 saturated carbocycles. The van der Waals surface area contributed by atoms with Crippen molar-refractivity contribution in [3.05, 3.63) is 23.7 Å². The summed E-state index contributed by atoms with van der Waals surface area (Å²) in [4.78, 5) is 22.5. The van der Waals surface area contributed by atoms with Crippen LogP contribution in [0, 0.1) is 12.8 Å². The van der Waals surface area contributed by atoms with E-state index in [1.165, 1.54) is 0 Å². The highest BCUT2D eigenvalue weighted by molar-refractivity contribution is 7.94. The normalized spacial score (nSPS) is 24.5. The fraction of sp³-hybridized carbons (Fsp3) is 0.667. The van der Waals surface area contributed by atoms with Crippen molar-refractivity contribution in [1.82, 2.24) is 14.9 Å². The molecular formula is C21H33N5O4S. The highest BCUT2D eigenvalue weighted by Gasteiger charge is 2.29. The van der Waals surface area contributed by atoms with Crippen LogP contribution in [0.4, 0.5) is 11.8 Å². The van der Waals surface area contributed by atoms with Crippen molar-refractivity contribution in [2.75, 3.05) is 36.1 Å². The van der Waals surface area contributed by atoms with Gasteiger partial charge in [-0.25, -0.2) is 13.4 Å². The molecule has 0 bridgehead atoms. The minimum Gasteiger partial charge on any atom is -0.387 e. The average Bonchev–Trinajstić information content (AvgIpc) is 2.77. The standard InChI is InChI=1S/C21H33N5O4S/c1-3-31(29,30)14-16-7-4-5-9-18(16)24-20-15(2)11-22-21(25-20)23-17-8-6-10-26(12-17)19(28)13-27/h3,11,16-18,27H,1,4-10,12-14H2,2H3,(H2,22,23,24,25)/t16-,17-,18+/m0/s1. The summed E-state index contributed by atoms with van der Waals surface area (Å²) in [5, 5.41) is 16.9. The Morgan fingerprint density at radius 2 is 2.06 bits per heavy atom. The number of anilines is 2. The molecule has 2 heterocycles. The number of nitrogens with one attached hydrogen (secondary N) is 2. The number of carbonyl (C=O) groups excluding carboxylic acids is 1. The third kappa shape index (κ3) is 6.39. The smallest absolute Gasteiger partial charge is 0.248 e. The molecule has 3 atom stereocenters. The number of aliphatic hydroxyl groups excluding tert-OH is 1. The van der Waals surface area contributed by atoms with Gasteiger partial charge in [-0.05, 0) is 38.5 Å². The molecular weight excluding hydrogens is 418 g/mol. The number of amides is 1. The molecule has 1 aromatic rings. The molecule has 0 spiro atoms. The third-order valence-corrected chi connectivity index (χ3v) is 7.55. The predicted molar refractivity (Wildman–Crippen MR) is 120 cm³/mol. The van der Waals surface area contributed by atoms with Crippen molar-refractivity contribution in [2.45, 2.75) is 57.5 Å². The van der Waals surface area contributed by atoms with Crippen LogP contribution in [0.1, 0.15) is 44.1 Å². The average molecular weight is 452 g/mol. The number of likely N-dealkylation sites (tertiary alicyclic amines) is 1. The lowest BCUT2D eigenvalue weighted by Gasteiger charge is -2.33. The van der Waals surface area contributed by atoms with Crippen LogP contribution in [0.5, 0.6) is 0 Å². The number of aromatic nitrogens is 2. The van der Waals surface area contributed by atoms with Crippen molar-refractivity contribution in [2.24, 2.45) is 5.92 Å².